The van der Waals surface area contributed by atoms with Gasteiger partial charge in [0.2, 0.25) is 0 Å². The summed E-state index contributed by atoms with van der Waals surface area (Å²) in [6.45, 7) is 8.04. The zero-order valence-electron chi connectivity index (χ0n) is 14.3. The van der Waals surface area contributed by atoms with Crippen molar-refractivity contribution >= 4 is 6.09 Å². The summed E-state index contributed by atoms with van der Waals surface area (Å²) in [7, 11) is 0. The van der Waals surface area contributed by atoms with E-state index < -0.39 is 17.5 Å². The average molecular weight is 332 g/mol. The molecule has 1 saturated heterocycles. The summed E-state index contributed by atoms with van der Waals surface area (Å²) in [4.78, 5) is 13.7. The number of ether oxygens (including phenoxy) is 2. The first-order valence-electron chi connectivity index (χ1n) is 7.73. The fourth-order valence-corrected chi connectivity index (χ4v) is 2.38. The number of allylic oxidation sites excluding steroid dienone is 1. The summed E-state index contributed by atoms with van der Waals surface area (Å²) in [5.74, 6) is -0.305. The number of rotatable bonds is 2. The molecule has 0 radical (unpaired) electrons. The highest BCUT2D eigenvalue weighted by Crippen LogP contribution is 2.25. The minimum atomic E-state index is -0.626. The van der Waals surface area contributed by atoms with Crippen LogP contribution in [0.2, 0.25) is 0 Å². The topological polar surface area (TPSA) is 62.6 Å². The van der Waals surface area contributed by atoms with Crippen LogP contribution in [0.3, 0.4) is 0 Å². The van der Waals surface area contributed by atoms with E-state index in [4.69, 9.17) is 14.7 Å². The van der Waals surface area contributed by atoms with Gasteiger partial charge in [-0.3, -0.25) is 4.90 Å². The van der Waals surface area contributed by atoms with Crippen LogP contribution in [0.5, 0.6) is 5.75 Å². The Morgan fingerprint density at radius 2 is 2.17 bits per heavy atom. The van der Waals surface area contributed by atoms with Crippen molar-refractivity contribution in [2.45, 2.75) is 39.4 Å². The highest BCUT2D eigenvalue weighted by molar-refractivity contribution is 5.69. The summed E-state index contributed by atoms with van der Waals surface area (Å²) >= 11 is 0. The van der Waals surface area contributed by atoms with Crippen LogP contribution in [0.4, 0.5) is 9.18 Å². The minimum Gasteiger partial charge on any atom is -0.484 e. The third kappa shape index (κ3) is 4.25. The van der Waals surface area contributed by atoms with Crippen molar-refractivity contribution in [1.82, 2.24) is 4.90 Å². The smallest absolute Gasteiger partial charge is 0.410 e. The molecule has 0 aromatic heterocycles. The molecule has 1 aliphatic heterocycles. The summed E-state index contributed by atoms with van der Waals surface area (Å²) < 4.78 is 24.9. The Labute approximate surface area is 141 Å². The Bertz CT molecular complexity index is 701. The molecule has 1 heterocycles. The van der Waals surface area contributed by atoms with Crippen molar-refractivity contribution in [3.8, 4) is 11.8 Å². The van der Waals surface area contributed by atoms with E-state index in [2.05, 4.69) is 0 Å². The van der Waals surface area contributed by atoms with Gasteiger partial charge in [0.15, 0.2) is 0 Å². The number of hydrogen-bond donors (Lipinski definition) is 0. The molecule has 6 heteroatoms. The molecule has 0 bridgehead atoms. The first-order valence-corrected chi connectivity index (χ1v) is 7.73. The first kappa shape index (κ1) is 17.8. The van der Waals surface area contributed by atoms with Crippen molar-refractivity contribution in [2.75, 3.05) is 13.1 Å². The molecule has 2 rings (SSSR count). The highest BCUT2D eigenvalue weighted by atomic mass is 19.1. The molecule has 1 fully saturated rings. The van der Waals surface area contributed by atoms with Crippen LogP contribution in [0.25, 0.3) is 0 Å². The fraction of sp³-hybridized carbons (Fsp3) is 0.444. The van der Waals surface area contributed by atoms with E-state index in [1.165, 1.54) is 12.1 Å². The SMILES string of the molecule is C/C=C1\CN(C(=O)OC(C)(C)C)C[C@@H]1Oc1ccc(C#N)c(F)c1. The molecule has 0 unspecified atom stereocenters. The number of carbonyl (C=O) groups excluding carboxylic acids is 1. The molecule has 5 nitrogen and oxygen atoms in total. The van der Waals surface area contributed by atoms with Gasteiger partial charge in [0.1, 0.15) is 29.3 Å². The largest absolute Gasteiger partial charge is 0.484 e. The second kappa shape index (κ2) is 6.91. The van der Waals surface area contributed by atoms with Crippen LogP contribution >= 0.6 is 0 Å². The second-order valence-electron chi connectivity index (χ2n) is 6.58. The van der Waals surface area contributed by atoms with Crippen molar-refractivity contribution in [2.24, 2.45) is 0 Å². The van der Waals surface area contributed by atoms with Crippen molar-refractivity contribution < 1.29 is 18.7 Å². The van der Waals surface area contributed by atoms with Gasteiger partial charge in [-0.15, -0.1) is 0 Å². The molecule has 24 heavy (non-hydrogen) atoms. The predicted molar refractivity (Wildman–Crippen MR) is 87.1 cm³/mol. The molecular formula is C18H21FN2O3. The third-order valence-corrected chi connectivity index (χ3v) is 3.54. The van der Waals surface area contributed by atoms with Crippen molar-refractivity contribution in [1.29, 1.82) is 5.26 Å². The number of benzene rings is 1. The van der Waals surface area contributed by atoms with Gasteiger partial charge < -0.3 is 9.47 Å². The normalized spacial score (nSPS) is 19.2. The number of nitrogens with zero attached hydrogens (tertiary/aromatic N) is 2. The standard InChI is InChI=1S/C18H21FN2O3/c1-5-12-10-21(17(22)24-18(2,3)4)11-16(12)23-14-7-6-13(9-20)15(19)8-14/h5-8,16H,10-11H2,1-4H3/b12-5+/t16-/m0/s1. The molecule has 0 aliphatic carbocycles. The number of nitriles is 1. The number of hydrogen-bond acceptors (Lipinski definition) is 4. The molecule has 1 aliphatic rings. The first-order chi connectivity index (χ1) is 11.2. The van der Waals surface area contributed by atoms with Gasteiger partial charge in [0, 0.05) is 12.6 Å². The monoisotopic (exact) mass is 332 g/mol. The van der Waals surface area contributed by atoms with E-state index in [1.54, 1.807) is 17.0 Å². The van der Waals surface area contributed by atoms with E-state index >= 15 is 0 Å². The maximum atomic E-state index is 13.7. The molecule has 0 saturated carbocycles. The van der Waals surface area contributed by atoms with Crippen LogP contribution in [-0.4, -0.2) is 35.8 Å². The zero-order valence-corrected chi connectivity index (χ0v) is 14.3. The molecule has 0 N–H and O–H groups in total. The fourth-order valence-electron chi connectivity index (χ4n) is 2.38. The Morgan fingerprint density at radius 3 is 2.71 bits per heavy atom. The number of amides is 1. The minimum absolute atomic E-state index is 0.0320. The Morgan fingerprint density at radius 1 is 1.46 bits per heavy atom. The van der Waals surface area contributed by atoms with E-state index in [9.17, 15) is 9.18 Å². The van der Waals surface area contributed by atoms with Crippen LogP contribution in [0.1, 0.15) is 33.3 Å². The van der Waals surface area contributed by atoms with Gasteiger partial charge in [-0.05, 0) is 45.4 Å². The molecule has 1 aromatic carbocycles. The second-order valence-corrected chi connectivity index (χ2v) is 6.58. The Hall–Kier alpha value is -2.55. The highest BCUT2D eigenvalue weighted by Gasteiger charge is 2.34. The maximum Gasteiger partial charge on any atom is 0.410 e. The molecule has 0 spiro atoms. The summed E-state index contributed by atoms with van der Waals surface area (Å²) in [5, 5.41) is 8.76. The predicted octanol–water partition coefficient (Wildman–Crippen LogP) is 3.64. The van der Waals surface area contributed by atoms with Crippen LogP contribution in [0, 0.1) is 17.1 Å². The Balaban J connectivity index is 2.09. The van der Waals surface area contributed by atoms with Crippen molar-refractivity contribution in [3.63, 3.8) is 0 Å². The van der Waals surface area contributed by atoms with E-state index in [1.807, 2.05) is 33.8 Å². The van der Waals surface area contributed by atoms with E-state index in [0.717, 1.165) is 5.57 Å². The quantitative estimate of drug-likeness (QED) is 0.776. The zero-order chi connectivity index (χ0) is 17.9. The lowest BCUT2D eigenvalue weighted by Crippen LogP contribution is -2.36. The molecule has 1 aromatic rings. The number of halogens is 1. The summed E-state index contributed by atoms with van der Waals surface area (Å²) in [6, 6.07) is 5.87. The van der Waals surface area contributed by atoms with Gasteiger partial charge >= 0.3 is 6.09 Å². The average Bonchev–Trinajstić information content (AvgIpc) is 2.89. The number of likely N-dealkylation sites (tertiary alicyclic amines) is 1. The molecule has 1 atom stereocenters. The maximum absolute atomic E-state index is 13.7. The van der Waals surface area contributed by atoms with E-state index in [0.29, 0.717) is 18.8 Å². The van der Waals surface area contributed by atoms with E-state index in [-0.39, 0.29) is 11.7 Å². The molecular weight excluding hydrogens is 311 g/mol. The lowest BCUT2D eigenvalue weighted by Gasteiger charge is -2.24. The van der Waals surface area contributed by atoms with Gasteiger partial charge in [-0.1, -0.05) is 6.08 Å². The molecule has 1 amide bonds. The van der Waals surface area contributed by atoms with Crippen molar-refractivity contribution in [3.05, 3.63) is 41.2 Å². The molecule has 128 valence electrons. The lowest BCUT2D eigenvalue weighted by molar-refractivity contribution is 0.0276. The van der Waals surface area contributed by atoms with Crippen LogP contribution in [-0.2, 0) is 4.74 Å². The Kier molecular flexibility index (Phi) is 5.13. The van der Waals surface area contributed by atoms with Gasteiger partial charge in [-0.25, -0.2) is 9.18 Å². The van der Waals surface area contributed by atoms with Gasteiger partial charge in [-0.2, -0.15) is 5.26 Å². The van der Waals surface area contributed by atoms with Crippen LogP contribution in [0.15, 0.2) is 29.8 Å². The third-order valence-electron chi connectivity index (χ3n) is 3.54. The summed E-state index contributed by atoms with van der Waals surface area (Å²) in [6.07, 6.45) is 1.11. The lowest BCUT2D eigenvalue weighted by atomic mass is 10.2. The van der Waals surface area contributed by atoms with Gasteiger partial charge in [0.05, 0.1) is 12.1 Å². The van der Waals surface area contributed by atoms with Gasteiger partial charge in [0.25, 0.3) is 0 Å². The van der Waals surface area contributed by atoms with Crippen LogP contribution < -0.4 is 4.74 Å². The summed E-state index contributed by atoms with van der Waals surface area (Å²) in [5.41, 5.74) is 0.323. The number of carbonyl (C=O) groups is 1.